The lowest BCUT2D eigenvalue weighted by molar-refractivity contribution is -0.870. The second-order valence-corrected chi connectivity index (χ2v) is 25.4. The maximum Gasteiger partial charge on any atom is 0.306 e. The molecule has 0 aromatic heterocycles. The van der Waals surface area contributed by atoms with E-state index in [2.05, 4.69) is 50.4 Å². The molecule has 77 heavy (non-hydrogen) atoms. The molecule has 0 radical (unpaired) electrons. The molecule has 3 unspecified atom stereocenters. The predicted molar refractivity (Wildman–Crippen MR) is 330 cm³/mol. The van der Waals surface area contributed by atoms with Crippen LogP contribution in [0.5, 0.6) is 0 Å². The highest BCUT2D eigenvalue weighted by molar-refractivity contribution is 7.45. The summed E-state index contributed by atoms with van der Waals surface area (Å²) in [4.78, 5) is 40.0. The molecule has 0 saturated heterocycles. The van der Waals surface area contributed by atoms with Crippen molar-refractivity contribution >= 4 is 19.7 Å². The van der Waals surface area contributed by atoms with Crippen molar-refractivity contribution in [1.82, 2.24) is 5.32 Å². The maximum absolute atomic E-state index is 13.5. The Morgan fingerprint density at radius 1 is 0.455 bits per heavy atom. The van der Waals surface area contributed by atoms with Crippen LogP contribution in [-0.4, -0.2) is 69.4 Å². The number of rotatable bonds is 61. The van der Waals surface area contributed by atoms with Crippen LogP contribution in [-0.2, 0) is 27.9 Å². The van der Waals surface area contributed by atoms with Gasteiger partial charge in [-0.2, -0.15) is 0 Å². The van der Waals surface area contributed by atoms with Gasteiger partial charge in [0.15, 0.2) is 0 Å². The van der Waals surface area contributed by atoms with Crippen molar-refractivity contribution in [3.05, 3.63) is 36.5 Å². The molecule has 10 heteroatoms. The van der Waals surface area contributed by atoms with Crippen molar-refractivity contribution in [1.29, 1.82) is 0 Å². The molecule has 3 atom stereocenters. The van der Waals surface area contributed by atoms with Crippen LogP contribution in [0.3, 0.4) is 0 Å². The third kappa shape index (κ3) is 58.7. The number of esters is 1. The number of phosphoric acid groups is 1. The first kappa shape index (κ1) is 75.2. The van der Waals surface area contributed by atoms with E-state index in [1.807, 2.05) is 33.3 Å². The van der Waals surface area contributed by atoms with Crippen LogP contribution in [0.4, 0.5) is 0 Å². The number of allylic oxidation sites excluding steroid dienone is 5. The first-order valence-electron chi connectivity index (χ1n) is 33.3. The molecule has 0 aromatic rings. The Labute approximate surface area is 478 Å². The molecule has 0 aliphatic rings. The summed E-state index contributed by atoms with van der Waals surface area (Å²) >= 11 is 0. The van der Waals surface area contributed by atoms with Crippen LogP contribution >= 0.6 is 7.82 Å². The molecule has 9 nitrogen and oxygen atoms in total. The van der Waals surface area contributed by atoms with E-state index < -0.39 is 20.0 Å². The van der Waals surface area contributed by atoms with Crippen molar-refractivity contribution < 1.29 is 37.3 Å². The van der Waals surface area contributed by atoms with Crippen LogP contribution in [0.1, 0.15) is 329 Å². The summed E-state index contributed by atoms with van der Waals surface area (Å²) in [6, 6.07) is -0.882. The fourth-order valence-corrected chi connectivity index (χ4v) is 10.6. The third-order valence-corrected chi connectivity index (χ3v) is 16.0. The van der Waals surface area contributed by atoms with Gasteiger partial charge >= 0.3 is 5.97 Å². The Kier molecular flexibility index (Phi) is 56.1. The quantitative estimate of drug-likeness (QED) is 0.0212. The van der Waals surface area contributed by atoms with E-state index in [1.165, 1.54) is 231 Å². The van der Waals surface area contributed by atoms with Gasteiger partial charge in [0.25, 0.3) is 7.82 Å². The summed E-state index contributed by atoms with van der Waals surface area (Å²) in [7, 11) is 1.20. The van der Waals surface area contributed by atoms with E-state index in [1.54, 1.807) is 0 Å². The molecule has 0 aliphatic heterocycles. The second kappa shape index (κ2) is 57.5. The number of likely N-dealkylation sites (N-methyl/N-ethyl adjacent to an activating group) is 1. The van der Waals surface area contributed by atoms with E-state index in [4.69, 9.17) is 13.8 Å². The van der Waals surface area contributed by atoms with Crippen LogP contribution in [0.25, 0.3) is 0 Å². The SMILES string of the molecule is CCCCC/C=C\C/C=C\CCCCCCCCCCCCCCCCCCCC(=O)NC(COP(=O)([O-])OCC[N+](C)(C)C)C(/C=C\CCCCCCCCCCC)OC(=O)CCCCCCCCCCCCCCC. The number of carbonyl (C=O) groups is 2. The number of phosphoric ester groups is 1. The van der Waals surface area contributed by atoms with Gasteiger partial charge in [0.1, 0.15) is 19.3 Å². The summed E-state index contributed by atoms with van der Waals surface area (Å²) in [5.74, 6) is -0.525. The molecule has 0 heterocycles. The molecule has 0 aromatic carbocycles. The highest BCUT2D eigenvalue weighted by Gasteiger charge is 2.27. The Morgan fingerprint density at radius 2 is 0.792 bits per heavy atom. The average molecular weight is 1110 g/mol. The van der Waals surface area contributed by atoms with Gasteiger partial charge < -0.3 is 28.5 Å². The van der Waals surface area contributed by atoms with Crippen LogP contribution in [0.15, 0.2) is 36.5 Å². The lowest BCUT2D eigenvalue weighted by atomic mass is 10.0. The van der Waals surface area contributed by atoms with Gasteiger partial charge in [-0.1, -0.05) is 289 Å². The molecule has 0 rings (SSSR count). The largest absolute Gasteiger partial charge is 0.756 e. The molecular formula is C67H129N2O7P. The Hall–Kier alpha value is -1.77. The van der Waals surface area contributed by atoms with Crippen LogP contribution in [0, 0.1) is 0 Å². The first-order valence-corrected chi connectivity index (χ1v) is 34.8. The lowest BCUT2D eigenvalue weighted by Crippen LogP contribution is -2.47. The first-order chi connectivity index (χ1) is 37.4. The minimum Gasteiger partial charge on any atom is -0.756 e. The monoisotopic (exact) mass is 1100 g/mol. The van der Waals surface area contributed by atoms with Gasteiger partial charge in [-0.05, 0) is 63.9 Å². The van der Waals surface area contributed by atoms with E-state index in [-0.39, 0.29) is 31.5 Å². The minimum atomic E-state index is -4.69. The summed E-state index contributed by atoms with van der Waals surface area (Å²) in [5, 5.41) is 3.04. The van der Waals surface area contributed by atoms with Gasteiger partial charge in [-0.15, -0.1) is 0 Å². The van der Waals surface area contributed by atoms with Gasteiger partial charge in [0, 0.05) is 12.8 Å². The number of quaternary nitrogens is 1. The summed E-state index contributed by atoms with van der Waals surface area (Å²) in [6.07, 6.45) is 69.8. The Bertz CT molecular complexity index is 1410. The standard InChI is InChI=1S/C67H129N2O7P/c1-7-10-13-16-19-22-25-27-28-29-30-31-32-33-34-35-36-37-38-39-40-42-44-47-50-53-56-59-66(70)68-64(63-75-77(72,73)74-62-61-69(4,5)6)65(58-55-52-49-46-43-24-21-18-15-12-9-3)76-67(71)60-57-54-51-48-45-41-26-23-20-17-14-11-8-2/h19,22,27-28,55,58,64-65H,7-18,20-21,23-26,29-54,56-57,59-63H2,1-6H3,(H-,68,70,72,73)/b22-19-,28-27-,58-55-. The molecule has 454 valence electrons. The molecule has 0 fully saturated rings. The molecule has 1 amide bonds. The second-order valence-electron chi connectivity index (χ2n) is 24.0. The minimum absolute atomic E-state index is 0.0190. The molecule has 0 spiro atoms. The zero-order valence-electron chi connectivity index (χ0n) is 51.9. The number of unbranched alkanes of at least 4 members (excludes halogenated alkanes) is 41. The average Bonchev–Trinajstić information content (AvgIpc) is 3.39. The molecule has 0 aliphatic carbocycles. The van der Waals surface area contributed by atoms with Gasteiger partial charge in [-0.3, -0.25) is 14.2 Å². The Morgan fingerprint density at radius 3 is 1.19 bits per heavy atom. The zero-order chi connectivity index (χ0) is 56.4. The smallest absolute Gasteiger partial charge is 0.306 e. The third-order valence-electron chi connectivity index (χ3n) is 15.1. The number of hydrogen-bond donors (Lipinski definition) is 1. The number of amides is 1. The summed E-state index contributed by atoms with van der Waals surface area (Å²) < 4.78 is 30.3. The maximum atomic E-state index is 13.5. The molecule has 0 saturated carbocycles. The number of ether oxygens (including phenoxy) is 1. The molecule has 1 N–H and O–H groups in total. The van der Waals surface area contributed by atoms with Crippen LogP contribution in [0.2, 0.25) is 0 Å². The van der Waals surface area contributed by atoms with E-state index in [0.29, 0.717) is 17.4 Å². The van der Waals surface area contributed by atoms with Crippen molar-refractivity contribution in [2.24, 2.45) is 0 Å². The van der Waals surface area contributed by atoms with E-state index in [9.17, 15) is 19.0 Å². The predicted octanol–water partition coefficient (Wildman–Crippen LogP) is 20.0. The fraction of sp³-hybridized carbons (Fsp3) is 0.881. The normalized spacial score (nSPS) is 13.8. The summed E-state index contributed by atoms with van der Waals surface area (Å²) in [5.41, 5.74) is 0. The van der Waals surface area contributed by atoms with Gasteiger partial charge in [-0.25, -0.2) is 0 Å². The fourth-order valence-electron chi connectivity index (χ4n) is 9.91. The van der Waals surface area contributed by atoms with Crippen molar-refractivity contribution in [2.45, 2.75) is 341 Å². The molecular weight excluding hydrogens is 976 g/mol. The highest BCUT2D eigenvalue weighted by Crippen LogP contribution is 2.38. The number of carbonyl (C=O) groups excluding carboxylic acids is 2. The zero-order valence-corrected chi connectivity index (χ0v) is 52.8. The highest BCUT2D eigenvalue weighted by atomic mass is 31.2. The topological polar surface area (TPSA) is 114 Å². The van der Waals surface area contributed by atoms with Gasteiger partial charge in [0.05, 0.1) is 33.8 Å². The van der Waals surface area contributed by atoms with Crippen molar-refractivity contribution in [3.8, 4) is 0 Å². The Balaban J connectivity index is 4.94. The van der Waals surface area contributed by atoms with Crippen molar-refractivity contribution in [3.63, 3.8) is 0 Å². The summed E-state index contributed by atoms with van der Waals surface area (Å²) in [6.45, 7) is 6.85. The van der Waals surface area contributed by atoms with Crippen LogP contribution < -0.4 is 10.2 Å². The number of nitrogens with zero attached hydrogens (tertiary/aromatic N) is 1. The van der Waals surface area contributed by atoms with Crippen molar-refractivity contribution in [2.75, 3.05) is 40.9 Å². The number of hydrogen-bond acceptors (Lipinski definition) is 7. The van der Waals surface area contributed by atoms with E-state index in [0.717, 1.165) is 64.2 Å². The molecule has 0 bridgehead atoms. The van der Waals surface area contributed by atoms with E-state index >= 15 is 0 Å². The lowest BCUT2D eigenvalue weighted by Gasteiger charge is -2.30. The number of nitrogens with one attached hydrogen (secondary N) is 1. The van der Waals surface area contributed by atoms with Gasteiger partial charge in [0.2, 0.25) is 5.91 Å².